The molecule has 1 aromatic carbocycles. The van der Waals surface area contributed by atoms with Crippen molar-refractivity contribution in [2.75, 3.05) is 5.88 Å². The first kappa shape index (κ1) is 11.1. The molecule has 3 rings (SSSR count). The Morgan fingerprint density at radius 1 is 1.35 bits per heavy atom. The van der Waals surface area contributed by atoms with Gasteiger partial charge in [0.25, 0.3) is 0 Å². The van der Waals surface area contributed by atoms with Crippen LogP contribution in [0.2, 0.25) is 0 Å². The van der Waals surface area contributed by atoms with Crippen LogP contribution in [0, 0.1) is 5.41 Å². The highest BCUT2D eigenvalue weighted by atomic mass is 35.5. The normalized spacial score (nSPS) is 17.5. The zero-order valence-electron chi connectivity index (χ0n) is 10.1. The molecule has 1 aromatic heterocycles. The van der Waals surface area contributed by atoms with Gasteiger partial charge >= 0.3 is 0 Å². The summed E-state index contributed by atoms with van der Waals surface area (Å²) in [5.74, 6) is 1.77. The van der Waals surface area contributed by atoms with Crippen molar-refractivity contribution in [2.24, 2.45) is 5.41 Å². The number of aromatic nitrogens is 2. The quantitative estimate of drug-likeness (QED) is 0.756. The number of aryl methyl sites for hydroxylation is 1. The molecule has 0 aliphatic heterocycles. The molecule has 0 atom stereocenters. The summed E-state index contributed by atoms with van der Waals surface area (Å²) in [6.07, 6.45) is 3.52. The second-order valence-electron chi connectivity index (χ2n) is 5.35. The van der Waals surface area contributed by atoms with Crippen LogP contribution in [-0.2, 0) is 13.0 Å². The van der Waals surface area contributed by atoms with Gasteiger partial charge in [-0.3, -0.25) is 0 Å². The standard InChI is InChI=1S/C14H17ClN2/c1-14(7-8-14)10-17-12-5-3-2-4-11(12)16-13(17)6-9-15/h2-5H,6-10H2,1H3. The number of imidazole rings is 1. The summed E-state index contributed by atoms with van der Waals surface area (Å²) in [7, 11) is 0. The molecule has 2 nitrogen and oxygen atoms in total. The molecule has 1 heterocycles. The lowest BCUT2D eigenvalue weighted by Crippen LogP contribution is -2.11. The van der Waals surface area contributed by atoms with Crippen molar-refractivity contribution in [3.05, 3.63) is 30.1 Å². The van der Waals surface area contributed by atoms with Crippen LogP contribution in [0.15, 0.2) is 24.3 Å². The van der Waals surface area contributed by atoms with E-state index in [1.54, 1.807) is 0 Å². The average molecular weight is 249 g/mol. The van der Waals surface area contributed by atoms with Crippen LogP contribution in [0.4, 0.5) is 0 Å². The number of alkyl halides is 1. The molecule has 0 radical (unpaired) electrons. The van der Waals surface area contributed by atoms with E-state index in [2.05, 4.69) is 29.7 Å². The maximum atomic E-state index is 5.87. The van der Waals surface area contributed by atoms with Crippen LogP contribution in [-0.4, -0.2) is 15.4 Å². The predicted molar refractivity (Wildman–Crippen MR) is 71.5 cm³/mol. The summed E-state index contributed by atoms with van der Waals surface area (Å²) in [6.45, 7) is 3.44. The van der Waals surface area contributed by atoms with Gasteiger partial charge in [0, 0.05) is 18.8 Å². The number of benzene rings is 1. The van der Waals surface area contributed by atoms with Crippen molar-refractivity contribution in [3.8, 4) is 0 Å². The average Bonchev–Trinajstić information content (AvgIpc) is 2.95. The minimum Gasteiger partial charge on any atom is -0.327 e. The van der Waals surface area contributed by atoms with E-state index >= 15 is 0 Å². The summed E-state index contributed by atoms with van der Waals surface area (Å²) < 4.78 is 2.37. The first-order valence-corrected chi connectivity index (χ1v) is 6.75. The largest absolute Gasteiger partial charge is 0.327 e. The lowest BCUT2D eigenvalue weighted by Gasteiger charge is -2.13. The zero-order chi connectivity index (χ0) is 11.9. The van der Waals surface area contributed by atoms with E-state index in [9.17, 15) is 0 Å². The molecule has 0 bridgehead atoms. The van der Waals surface area contributed by atoms with Gasteiger partial charge in [0.1, 0.15) is 5.82 Å². The Balaban J connectivity index is 2.07. The Bertz CT molecular complexity index is 540. The highest BCUT2D eigenvalue weighted by molar-refractivity contribution is 6.17. The Morgan fingerprint density at radius 2 is 2.12 bits per heavy atom. The predicted octanol–water partition coefficient (Wildman–Crippen LogP) is 3.62. The molecule has 17 heavy (non-hydrogen) atoms. The van der Waals surface area contributed by atoms with E-state index in [0.29, 0.717) is 11.3 Å². The van der Waals surface area contributed by atoms with Crippen molar-refractivity contribution >= 4 is 22.6 Å². The van der Waals surface area contributed by atoms with Crippen molar-refractivity contribution in [1.29, 1.82) is 0 Å². The number of hydrogen-bond donors (Lipinski definition) is 0. The third-order valence-electron chi connectivity index (χ3n) is 3.70. The summed E-state index contributed by atoms with van der Waals surface area (Å²) in [5, 5.41) is 0. The van der Waals surface area contributed by atoms with Crippen LogP contribution in [0.3, 0.4) is 0 Å². The molecule has 0 amide bonds. The molecule has 90 valence electrons. The maximum absolute atomic E-state index is 5.87. The molecule has 1 aliphatic rings. The Labute approximate surface area is 107 Å². The van der Waals surface area contributed by atoms with Gasteiger partial charge in [-0.05, 0) is 30.4 Å². The third kappa shape index (κ3) is 2.06. The van der Waals surface area contributed by atoms with Crippen molar-refractivity contribution < 1.29 is 0 Å². The molecule has 0 spiro atoms. The second-order valence-corrected chi connectivity index (χ2v) is 5.73. The molecule has 1 aliphatic carbocycles. The SMILES string of the molecule is CC1(Cn2c(CCCl)nc3ccccc32)CC1. The fraction of sp³-hybridized carbons (Fsp3) is 0.500. The van der Waals surface area contributed by atoms with Crippen LogP contribution >= 0.6 is 11.6 Å². The van der Waals surface area contributed by atoms with Gasteiger partial charge in [0.05, 0.1) is 11.0 Å². The van der Waals surface area contributed by atoms with Crippen LogP contribution in [0.25, 0.3) is 11.0 Å². The summed E-state index contributed by atoms with van der Waals surface area (Å²) in [6, 6.07) is 8.37. The molecule has 3 heteroatoms. The summed E-state index contributed by atoms with van der Waals surface area (Å²) >= 11 is 5.87. The summed E-state index contributed by atoms with van der Waals surface area (Å²) in [4.78, 5) is 4.69. The first-order valence-electron chi connectivity index (χ1n) is 6.22. The van der Waals surface area contributed by atoms with E-state index in [-0.39, 0.29) is 0 Å². The molecule has 1 fully saturated rings. The van der Waals surface area contributed by atoms with Crippen molar-refractivity contribution in [3.63, 3.8) is 0 Å². The van der Waals surface area contributed by atoms with Gasteiger partial charge in [-0.2, -0.15) is 0 Å². The smallest absolute Gasteiger partial charge is 0.111 e. The van der Waals surface area contributed by atoms with Gasteiger partial charge in [-0.1, -0.05) is 19.1 Å². The van der Waals surface area contributed by atoms with Crippen molar-refractivity contribution in [1.82, 2.24) is 9.55 Å². The first-order chi connectivity index (χ1) is 8.22. The van der Waals surface area contributed by atoms with E-state index in [4.69, 9.17) is 16.6 Å². The van der Waals surface area contributed by atoms with Crippen molar-refractivity contribution in [2.45, 2.75) is 32.7 Å². The fourth-order valence-corrected chi connectivity index (χ4v) is 2.50. The molecule has 1 saturated carbocycles. The van der Waals surface area contributed by atoms with Crippen LogP contribution < -0.4 is 0 Å². The molecule has 0 unspecified atom stereocenters. The fourth-order valence-electron chi connectivity index (χ4n) is 2.33. The molecular formula is C14H17ClN2. The minimum absolute atomic E-state index is 0.491. The Kier molecular flexibility index (Phi) is 2.62. The lowest BCUT2D eigenvalue weighted by atomic mass is 10.1. The van der Waals surface area contributed by atoms with Gasteiger partial charge in [0.15, 0.2) is 0 Å². The van der Waals surface area contributed by atoms with E-state index in [1.165, 1.54) is 18.4 Å². The third-order valence-corrected chi connectivity index (χ3v) is 3.88. The highest BCUT2D eigenvalue weighted by Gasteiger charge is 2.38. The maximum Gasteiger partial charge on any atom is 0.111 e. The van der Waals surface area contributed by atoms with Crippen LogP contribution in [0.5, 0.6) is 0 Å². The number of hydrogen-bond acceptors (Lipinski definition) is 1. The van der Waals surface area contributed by atoms with Gasteiger partial charge in [0.2, 0.25) is 0 Å². The topological polar surface area (TPSA) is 17.8 Å². The number of fused-ring (bicyclic) bond motifs is 1. The Hall–Kier alpha value is -1.02. The molecule has 0 N–H and O–H groups in total. The second kappa shape index (κ2) is 4.02. The lowest BCUT2D eigenvalue weighted by molar-refractivity contribution is 0.462. The van der Waals surface area contributed by atoms with Gasteiger partial charge in [-0.25, -0.2) is 4.98 Å². The molecule has 2 aromatic rings. The number of nitrogens with zero attached hydrogens (tertiary/aromatic N) is 2. The monoisotopic (exact) mass is 248 g/mol. The van der Waals surface area contributed by atoms with Gasteiger partial charge < -0.3 is 4.57 Å². The zero-order valence-corrected chi connectivity index (χ0v) is 10.9. The molecule has 0 saturated heterocycles. The van der Waals surface area contributed by atoms with Gasteiger partial charge in [-0.15, -0.1) is 11.6 Å². The number of halogens is 1. The van der Waals surface area contributed by atoms with E-state index in [1.807, 2.05) is 6.07 Å². The molecular weight excluding hydrogens is 232 g/mol. The Morgan fingerprint density at radius 3 is 2.82 bits per heavy atom. The van der Waals surface area contributed by atoms with Crippen LogP contribution in [0.1, 0.15) is 25.6 Å². The van der Waals surface area contributed by atoms with E-state index < -0.39 is 0 Å². The number of para-hydroxylation sites is 2. The highest BCUT2D eigenvalue weighted by Crippen LogP contribution is 2.47. The minimum atomic E-state index is 0.491. The van der Waals surface area contributed by atoms with E-state index in [0.717, 1.165) is 24.3 Å². The summed E-state index contributed by atoms with van der Waals surface area (Å²) in [5.41, 5.74) is 2.84. The number of rotatable bonds is 4.